The topological polar surface area (TPSA) is 120 Å². The summed E-state index contributed by atoms with van der Waals surface area (Å²) in [7, 11) is 1.40. The first-order valence-corrected chi connectivity index (χ1v) is 13.2. The van der Waals surface area contributed by atoms with Gasteiger partial charge in [0, 0.05) is 29.4 Å². The maximum absolute atomic E-state index is 14.1. The van der Waals surface area contributed by atoms with Crippen LogP contribution < -0.4 is 15.0 Å². The van der Waals surface area contributed by atoms with Crippen LogP contribution in [-0.2, 0) is 27.0 Å². The number of nitriles is 1. The summed E-state index contributed by atoms with van der Waals surface area (Å²) in [4.78, 5) is 42.0. The highest BCUT2D eigenvalue weighted by Crippen LogP contribution is 2.43. The Kier molecular flexibility index (Phi) is 8.90. The molecular weight excluding hydrogens is 563 g/mol. The number of anilines is 1. The Morgan fingerprint density at radius 3 is 2.40 bits per heavy atom. The van der Waals surface area contributed by atoms with Gasteiger partial charge in [-0.2, -0.15) is 18.4 Å². The molecule has 2 N–H and O–H groups in total. The van der Waals surface area contributed by atoms with Crippen LogP contribution in [0, 0.1) is 17.2 Å². The number of halogens is 3. The predicted molar refractivity (Wildman–Crippen MR) is 151 cm³/mol. The number of phenols is 1. The van der Waals surface area contributed by atoms with Gasteiger partial charge in [0.15, 0.2) is 17.3 Å². The minimum Gasteiger partial charge on any atom is -0.504 e. The molecule has 0 saturated carbocycles. The van der Waals surface area contributed by atoms with Crippen LogP contribution in [0.15, 0.2) is 78.0 Å². The number of ether oxygens (including phenoxy) is 1. The maximum Gasteiger partial charge on any atom is 0.416 e. The summed E-state index contributed by atoms with van der Waals surface area (Å²) < 4.78 is 45.8. The van der Waals surface area contributed by atoms with Gasteiger partial charge in [-0.25, -0.2) is 0 Å². The van der Waals surface area contributed by atoms with Crippen molar-refractivity contribution < 1.29 is 37.4 Å². The van der Waals surface area contributed by atoms with Crippen LogP contribution in [0.5, 0.6) is 11.5 Å². The number of benzene rings is 3. The predicted octanol–water partition coefficient (Wildman–Crippen LogP) is 5.26. The van der Waals surface area contributed by atoms with Crippen molar-refractivity contribution in [2.75, 3.05) is 18.6 Å². The van der Waals surface area contributed by atoms with Crippen molar-refractivity contribution in [2.24, 2.45) is 5.92 Å². The highest BCUT2D eigenvalue weighted by Gasteiger charge is 2.47. The van der Waals surface area contributed by atoms with Crippen LogP contribution in [-0.4, -0.2) is 36.4 Å². The summed E-state index contributed by atoms with van der Waals surface area (Å²) in [6.45, 7) is 2.79. The molecule has 0 saturated heterocycles. The second-order valence-corrected chi connectivity index (χ2v) is 10.0. The molecule has 222 valence electrons. The lowest BCUT2D eigenvalue weighted by Gasteiger charge is -2.39. The number of ketones is 1. The number of allylic oxidation sites excluding steroid dienone is 2. The summed E-state index contributed by atoms with van der Waals surface area (Å²) in [5.74, 6) is -4.39. The lowest BCUT2D eigenvalue weighted by molar-refractivity contribution is -0.138. The van der Waals surface area contributed by atoms with E-state index in [0.717, 1.165) is 28.7 Å². The zero-order valence-corrected chi connectivity index (χ0v) is 23.5. The molecule has 0 aromatic heterocycles. The van der Waals surface area contributed by atoms with Crippen molar-refractivity contribution in [3.05, 3.63) is 100 Å². The Morgan fingerprint density at radius 2 is 1.79 bits per heavy atom. The van der Waals surface area contributed by atoms with E-state index < -0.39 is 41.2 Å². The molecule has 0 radical (unpaired) electrons. The Balaban J connectivity index is 1.77. The number of carbonyl (C=O) groups excluding carboxylic acids is 3. The number of Topliss-reactive ketones (excluding diaryl/α,β-unsaturated/α-hetero) is 1. The first-order chi connectivity index (χ1) is 20.4. The fourth-order valence-electron chi connectivity index (χ4n) is 5.28. The minimum absolute atomic E-state index is 0.0538. The molecular formula is C32H28F3N3O5. The minimum atomic E-state index is -4.69. The SMILES string of the molecule is COc1cc(CCNC(=O)C2C(=O)N(c3cccc(C(F)(F)F)c3)C(C)=C(C(C)=O)C2c2ccc(C#N)cc2)ccc1O. The average molecular weight is 592 g/mol. The summed E-state index contributed by atoms with van der Waals surface area (Å²) in [6.07, 6.45) is -4.38. The lowest BCUT2D eigenvalue weighted by atomic mass is 9.74. The summed E-state index contributed by atoms with van der Waals surface area (Å²) in [5, 5.41) is 21.8. The van der Waals surface area contributed by atoms with E-state index >= 15 is 0 Å². The van der Waals surface area contributed by atoms with Gasteiger partial charge in [0.25, 0.3) is 0 Å². The largest absolute Gasteiger partial charge is 0.504 e. The Hall–Kier alpha value is -5.11. The maximum atomic E-state index is 14.1. The Morgan fingerprint density at radius 1 is 1.09 bits per heavy atom. The number of alkyl halides is 3. The molecule has 0 spiro atoms. The van der Waals surface area contributed by atoms with Gasteiger partial charge in [0.1, 0.15) is 5.92 Å². The second kappa shape index (κ2) is 12.4. The van der Waals surface area contributed by atoms with Crippen LogP contribution in [0.25, 0.3) is 0 Å². The number of hydrogen-bond acceptors (Lipinski definition) is 6. The van der Waals surface area contributed by atoms with Gasteiger partial charge in [-0.1, -0.05) is 24.3 Å². The molecule has 3 aromatic rings. The van der Waals surface area contributed by atoms with Crippen LogP contribution in [0.4, 0.5) is 18.9 Å². The number of nitrogens with one attached hydrogen (secondary N) is 1. The normalized spacial score (nSPS) is 17.0. The second-order valence-electron chi connectivity index (χ2n) is 10.0. The van der Waals surface area contributed by atoms with Crippen LogP contribution in [0.1, 0.15) is 42.0 Å². The number of carbonyl (C=O) groups is 3. The van der Waals surface area contributed by atoms with E-state index in [0.29, 0.717) is 17.5 Å². The van der Waals surface area contributed by atoms with Gasteiger partial charge in [-0.15, -0.1) is 0 Å². The average Bonchev–Trinajstić information content (AvgIpc) is 2.97. The quantitative estimate of drug-likeness (QED) is 0.345. The van der Waals surface area contributed by atoms with E-state index in [-0.39, 0.29) is 35.0 Å². The number of amides is 2. The van der Waals surface area contributed by atoms with Gasteiger partial charge >= 0.3 is 6.18 Å². The summed E-state index contributed by atoms with van der Waals surface area (Å²) >= 11 is 0. The van der Waals surface area contributed by atoms with E-state index in [2.05, 4.69) is 5.32 Å². The van der Waals surface area contributed by atoms with Crippen molar-refractivity contribution in [3.63, 3.8) is 0 Å². The van der Waals surface area contributed by atoms with Crippen LogP contribution in [0.2, 0.25) is 0 Å². The molecule has 0 aliphatic carbocycles. The molecule has 11 heteroatoms. The molecule has 2 amide bonds. The third-order valence-electron chi connectivity index (χ3n) is 7.31. The van der Waals surface area contributed by atoms with E-state index in [4.69, 9.17) is 4.74 Å². The number of phenolic OH excluding ortho intramolecular Hbond substituents is 1. The summed E-state index contributed by atoms with van der Waals surface area (Å²) in [6, 6.07) is 16.9. The Labute approximate surface area is 246 Å². The number of nitrogens with zero attached hydrogens (tertiary/aromatic N) is 2. The van der Waals surface area contributed by atoms with E-state index in [9.17, 15) is 37.9 Å². The molecule has 43 heavy (non-hydrogen) atoms. The van der Waals surface area contributed by atoms with E-state index in [1.807, 2.05) is 6.07 Å². The van der Waals surface area contributed by atoms with Gasteiger partial charge in [0.2, 0.25) is 11.8 Å². The van der Waals surface area contributed by atoms with Crippen LogP contribution >= 0.6 is 0 Å². The van der Waals surface area contributed by atoms with Crippen LogP contribution in [0.3, 0.4) is 0 Å². The number of methoxy groups -OCH3 is 1. The highest BCUT2D eigenvalue weighted by atomic mass is 19.4. The van der Waals surface area contributed by atoms with E-state index in [1.165, 1.54) is 45.2 Å². The zero-order chi connectivity index (χ0) is 31.5. The van der Waals surface area contributed by atoms with E-state index in [1.54, 1.807) is 24.3 Å². The van der Waals surface area contributed by atoms with Gasteiger partial charge in [0.05, 0.1) is 24.3 Å². The van der Waals surface area contributed by atoms with Gasteiger partial charge in [-0.3, -0.25) is 19.3 Å². The van der Waals surface area contributed by atoms with Gasteiger partial charge < -0.3 is 15.2 Å². The Bertz CT molecular complexity index is 1640. The number of hydrogen-bond donors (Lipinski definition) is 2. The number of rotatable bonds is 8. The molecule has 8 nitrogen and oxygen atoms in total. The molecule has 2 unspecified atom stereocenters. The van der Waals surface area contributed by atoms with Crippen molar-refractivity contribution in [3.8, 4) is 17.6 Å². The standard InChI is InChI=1S/C32H28F3N3O5/c1-18-27(19(2)39)28(22-10-7-21(17-36)8-11-22)29(30(41)37-14-13-20-9-12-25(40)26(15-20)43-3)31(42)38(18)24-6-4-5-23(16-24)32(33,34)35/h4-12,15-16,28-29,40H,13-14H2,1-3H3,(H,37,41). The molecule has 2 atom stereocenters. The van der Waals surface area contributed by atoms with Crippen molar-refractivity contribution in [2.45, 2.75) is 32.4 Å². The van der Waals surface area contributed by atoms with Gasteiger partial charge in [-0.05, 0) is 73.9 Å². The van der Waals surface area contributed by atoms with Crippen molar-refractivity contribution >= 4 is 23.3 Å². The third-order valence-corrected chi connectivity index (χ3v) is 7.31. The monoisotopic (exact) mass is 591 g/mol. The molecule has 3 aromatic carbocycles. The molecule has 1 aliphatic rings. The van der Waals surface area contributed by atoms with Crippen molar-refractivity contribution in [1.29, 1.82) is 5.26 Å². The molecule has 1 aliphatic heterocycles. The summed E-state index contributed by atoms with van der Waals surface area (Å²) in [5.41, 5.74) is 0.532. The fraction of sp³-hybridized carbons (Fsp3) is 0.250. The molecule has 0 fully saturated rings. The molecule has 4 rings (SSSR count). The highest BCUT2D eigenvalue weighted by molar-refractivity contribution is 6.15. The third kappa shape index (κ3) is 6.38. The lowest BCUT2D eigenvalue weighted by Crippen LogP contribution is -2.51. The zero-order valence-electron chi connectivity index (χ0n) is 23.5. The first-order valence-electron chi connectivity index (χ1n) is 13.2. The molecule has 1 heterocycles. The van der Waals surface area contributed by atoms with Crippen molar-refractivity contribution in [1.82, 2.24) is 5.32 Å². The first kappa shape index (κ1) is 30.8. The number of aromatic hydroxyl groups is 1. The smallest absolute Gasteiger partial charge is 0.416 e. The fourth-order valence-corrected chi connectivity index (χ4v) is 5.28. The molecule has 0 bridgehead atoms.